The van der Waals surface area contributed by atoms with Crippen molar-refractivity contribution in [1.29, 1.82) is 0 Å². The topological polar surface area (TPSA) is 89.6 Å². The number of aliphatic carboxylic acids is 1. The summed E-state index contributed by atoms with van der Waals surface area (Å²) >= 11 is 0. The number of hydrogen-bond acceptors (Lipinski definition) is 3. The van der Waals surface area contributed by atoms with Crippen molar-refractivity contribution in [3.63, 3.8) is 0 Å². The van der Waals surface area contributed by atoms with Gasteiger partial charge >= 0.3 is 5.97 Å². The summed E-state index contributed by atoms with van der Waals surface area (Å²) in [6, 6.07) is 4.01. The number of benzene rings is 1. The van der Waals surface area contributed by atoms with Crippen molar-refractivity contribution in [2.45, 2.75) is 6.92 Å². The second-order valence-corrected chi connectivity index (χ2v) is 3.98. The van der Waals surface area contributed by atoms with Gasteiger partial charge in [-0.05, 0) is 23.8 Å². The minimum atomic E-state index is -1.11. The number of amides is 1. The Morgan fingerprint density at radius 3 is 2.74 bits per heavy atom. The Hall–Kier alpha value is -2.37. The predicted molar refractivity (Wildman–Crippen MR) is 66.9 cm³/mol. The average molecular weight is 267 g/mol. The van der Waals surface area contributed by atoms with Gasteiger partial charge in [0.1, 0.15) is 0 Å². The fraction of sp³-hybridized carbons (Fsp3) is 0.231. The first kappa shape index (κ1) is 14.7. The SMILES string of the molecule is CC(COc1ccc(/C=C/C(=O)O)cc1F)C(N)=O. The van der Waals surface area contributed by atoms with Gasteiger partial charge < -0.3 is 15.6 Å². The number of primary amides is 1. The Morgan fingerprint density at radius 2 is 2.21 bits per heavy atom. The molecule has 0 spiro atoms. The number of nitrogens with two attached hydrogens (primary N) is 1. The van der Waals surface area contributed by atoms with E-state index in [4.69, 9.17) is 15.6 Å². The van der Waals surface area contributed by atoms with Crippen LogP contribution in [0.2, 0.25) is 0 Å². The molecule has 0 radical (unpaired) electrons. The summed E-state index contributed by atoms with van der Waals surface area (Å²) in [5, 5.41) is 8.45. The Labute approximate surface area is 109 Å². The molecule has 1 amide bonds. The molecule has 1 aromatic rings. The predicted octanol–water partition coefficient (Wildman–Crippen LogP) is 1.42. The first-order valence-corrected chi connectivity index (χ1v) is 5.53. The molecule has 19 heavy (non-hydrogen) atoms. The van der Waals surface area contributed by atoms with Gasteiger partial charge in [-0.3, -0.25) is 4.79 Å². The molecule has 5 nitrogen and oxygen atoms in total. The number of ether oxygens (including phenoxy) is 1. The van der Waals surface area contributed by atoms with E-state index in [0.29, 0.717) is 5.56 Å². The van der Waals surface area contributed by atoms with E-state index in [0.717, 1.165) is 12.1 Å². The van der Waals surface area contributed by atoms with Crippen LogP contribution in [0.5, 0.6) is 5.75 Å². The summed E-state index contributed by atoms with van der Waals surface area (Å²) in [6.07, 6.45) is 2.17. The van der Waals surface area contributed by atoms with Crippen LogP contribution in [0.15, 0.2) is 24.3 Å². The van der Waals surface area contributed by atoms with Crippen LogP contribution in [0.4, 0.5) is 4.39 Å². The molecule has 0 aromatic heterocycles. The van der Waals surface area contributed by atoms with E-state index < -0.39 is 23.6 Å². The van der Waals surface area contributed by atoms with Crippen molar-refractivity contribution < 1.29 is 23.8 Å². The summed E-state index contributed by atoms with van der Waals surface area (Å²) in [5.41, 5.74) is 5.45. The molecule has 1 rings (SSSR count). The Bertz CT molecular complexity index is 513. The third-order valence-electron chi connectivity index (χ3n) is 2.35. The van der Waals surface area contributed by atoms with E-state index in [1.807, 2.05) is 0 Å². The lowest BCUT2D eigenvalue weighted by Gasteiger charge is -2.10. The molecule has 0 aliphatic rings. The van der Waals surface area contributed by atoms with Gasteiger partial charge in [-0.2, -0.15) is 0 Å². The summed E-state index contributed by atoms with van der Waals surface area (Å²) in [6.45, 7) is 1.56. The molecule has 0 fully saturated rings. The molecule has 1 unspecified atom stereocenters. The lowest BCUT2D eigenvalue weighted by Crippen LogP contribution is -2.25. The van der Waals surface area contributed by atoms with E-state index in [1.165, 1.54) is 18.2 Å². The highest BCUT2D eigenvalue weighted by Crippen LogP contribution is 2.19. The van der Waals surface area contributed by atoms with Crippen LogP contribution in [-0.4, -0.2) is 23.6 Å². The molecule has 6 heteroatoms. The minimum absolute atomic E-state index is 0.0134. The zero-order chi connectivity index (χ0) is 14.4. The third-order valence-corrected chi connectivity index (χ3v) is 2.35. The van der Waals surface area contributed by atoms with Crippen LogP contribution in [0.3, 0.4) is 0 Å². The minimum Gasteiger partial charge on any atom is -0.490 e. The van der Waals surface area contributed by atoms with Crippen LogP contribution in [0, 0.1) is 11.7 Å². The molecule has 3 N–H and O–H groups in total. The van der Waals surface area contributed by atoms with Gasteiger partial charge in [-0.1, -0.05) is 13.0 Å². The Morgan fingerprint density at radius 1 is 1.53 bits per heavy atom. The summed E-state index contributed by atoms with van der Waals surface area (Å²) in [4.78, 5) is 21.1. The summed E-state index contributed by atoms with van der Waals surface area (Å²) in [5.74, 6) is -2.81. The van der Waals surface area contributed by atoms with Crippen LogP contribution >= 0.6 is 0 Å². The van der Waals surface area contributed by atoms with Crippen molar-refractivity contribution in [1.82, 2.24) is 0 Å². The van der Waals surface area contributed by atoms with Gasteiger partial charge in [0.05, 0.1) is 12.5 Å². The van der Waals surface area contributed by atoms with E-state index in [1.54, 1.807) is 6.92 Å². The molecule has 1 atom stereocenters. The molecule has 0 aliphatic heterocycles. The molecular formula is C13H14FNO4. The highest BCUT2D eigenvalue weighted by atomic mass is 19.1. The number of carboxylic acid groups (broad SMARTS) is 1. The van der Waals surface area contributed by atoms with Crippen molar-refractivity contribution in [2.24, 2.45) is 11.7 Å². The molecule has 0 heterocycles. The number of halogens is 1. The quantitative estimate of drug-likeness (QED) is 0.763. The summed E-state index contributed by atoms with van der Waals surface area (Å²) in [7, 11) is 0. The highest BCUT2D eigenvalue weighted by Gasteiger charge is 2.11. The third kappa shape index (κ3) is 4.79. The highest BCUT2D eigenvalue weighted by molar-refractivity contribution is 5.85. The van der Waals surface area contributed by atoms with Gasteiger partial charge in [0, 0.05) is 6.08 Å². The standard InChI is InChI=1S/C13H14FNO4/c1-8(13(15)18)7-19-11-4-2-9(6-10(11)14)3-5-12(16)17/h2-6,8H,7H2,1H3,(H2,15,18)(H,16,17)/b5-3+. The summed E-state index contributed by atoms with van der Waals surface area (Å²) < 4.78 is 18.7. The van der Waals surface area contributed by atoms with Crippen molar-refractivity contribution in [2.75, 3.05) is 6.61 Å². The Kier molecular flexibility index (Phi) is 5.05. The second-order valence-electron chi connectivity index (χ2n) is 3.98. The number of rotatable bonds is 6. The van der Waals surface area contributed by atoms with Gasteiger partial charge in [0.15, 0.2) is 11.6 Å². The molecule has 0 saturated carbocycles. The van der Waals surface area contributed by atoms with Crippen LogP contribution in [0.25, 0.3) is 6.08 Å². The van der Waals surface area contributed by atoms with E-state index in [-0.39, 0.29) is 12.4 Å². The van der Waals surface area contributed by atoms with Crippen molar-refractivity contribution in [3.8, 4) is 5.75 Å². The maximum Gasteiger partial charge on any atom is 0.328 e. The van der Waals surface area contributed by atoms with Crippen molar-refractivity contribution in [3.05, 3.63) is 35.7 Å². The lowest BCUT2D eigenvalue weighted by molar-refractivity contribution is -0.131. The van der Waals surface area contributed by atoms with Crippen LogP contribution in [0.1, 0.15) is 12.5 Å². The number of hydrogen-bond donors (Lipinski definition) is 2. The lowest BCUT2D eigenvalue weighted by atomic mass is 10.2. The zero-order valence-corrected chi connectivity index (χ0v) is 10.3. The van der Waals surface area contributed by atoms with Gasteiger partial charge in [-0.25, -0.2) is 9.18 Å². The molecule has 0 saturated heterocycles. The maximum absolute atomic E-state index is 13.6. The normalized spacial score (nSPS) is 12.3. The molecule has 0 aliphatic carbocycles. The van der Waals surface area contributed by atoms with E-state index in [2.05, 4.69) is 0 Å². The number of carbonyl (C=O) groups is 2. The number of carbonyl (C=O) groups excluding carboxylic acids is 1. The molecule has 0 bridgehead atoms. The fourth-order valence-corrected chi connectivity index (χ4v) is 1.20. The first-order valence-electron chi connectivity index (χ1n) is 5.53. The molecule has 102 valence electrons. The smallest absolute Gasteiger partial charge is 0.328 e. The maximum atomic E-state index is 13.6. The van der Waals surface area contributed by atoms with Gasteiger partial charge in [0.25, 0.3) is 0 Å². The largest absolute Gasteiger partial charge is 0.490 e. The van der Waals surface area contributed by atoms with E-state index in [9.17, 15) is 14.0 Å². The molecule has 1 aromatic carbocycles. The first-order chi connectivity index (χ1) is 8.90. The fourth-order valence-electron chi connectivity index (χ4n) is 1.20. The second kappa shape index (κ2) is 6.53. The molecular weight excluding hydrogens is 253 g/mol. The number of carboxylic acids is 1. The van der Waals surface area contributed by atoms with Crippen LogP contribution in [-0.2, 0) is 9.59 Å². The van der Waals surface area contributed by atoms with E-state index >= 15 is 0 Å². The van der Waals surface area contributed by atoms with Crippen LogP contribution < -0.4 is 10.5 Å². The van der Waals surface area contributed by atoms with Gasteiger partial charge in [-0.15, -0.1) is 0 Å². The van der Waals surface area contributed by atoms with Gasteiger partial charge in [0.2, 0.25) is 5.91 Å². The zero-order valence-electron chi connectivity index (χ0n) is 10.3. The Balaban J connectivity index is 2.72. The van der Waals surface area contributed by atoms with Crippen molar-refractivity contribution >= 4 is 18.0 Å². The monoisotopic (exact) mass is 267 g/mol. The average Bonchev–Trinajstić information content (AvgIpc) is 2.34.